The highest BCUT2D eigenvalue weighted by Gasteiger charge is 2.36. The average molecular weight is 475 g/mol. The number of phenolic OH excluding ortho intramolecular Hbond substituents is 1. The van der Waals surface area contributed by atoms with Crippen LogP contribution < -0.4 is 4.90 Å². The Morgan fingerprint density at radius 2 is 1.79 bits per heavy atom. The molecule has 0 radical (unpaired) electrons. The Kier molecular flexibility index (Phi) is 5.66. The molecule has 0 saturated carbocycles. The fourth-order valence-electron chi connectivity index (χ4n) is 3.72. The van der Waals surface area contributed by atoms with Gasteiger partial charge in [-0.15, -0.1) is 5.10 Å². The number of hydrogen-bond donors (Lipinski definition) is 2. The van der Waals surface area contributed by atoms with E-state index in [-0.39, 0.29) is 16.9 Å². The fraction of sp³-hybridized carbons (Fsp3) is 0.0800. The molecule has 1 saturated heterocycles. The first-order valence-corrected chi connectivity index (χ1v) is 11.5. The number of fused-ring (bicyclic) bond motifs is 1. The molecule has 1 aromatic heterocycles. The number of anilines is 1. The first-order chi connectivity index (χ1) is 16.0. The van der Waals surface area contributed by atoms with E-state index in [9.17, 15) is 9.90 Å². The predicted molar refractivity (Wildman–Crippen MR) is 136 cm³/mol. The number of carbonyl (C=O) groups is 1. The van der Waals surface area contributed by atoms with Crippen molar-refractivity contribution in [1.82, 2.24) is 4.98 Å². The van der Waals surface area contributed by atoms with E-state index in [1.807, 2.05) is 55.5 Å². The molecule has 6 nitrogen and oxygen atoms in total. The molecule has 0 spiro atoms. The van der Waals surface area contributed by atoms with Gasteiger partial charge in [0.15, 0.2) is 5.17 Å². The van der Waals surface area contributed by atoms with E-state index < -0.39 is 0 Å². The van der Waals surface area contributed by atoms with Crippen LogP contribution in [0.25, 0.3) is 22.2 Å². The van der Waals surface area contributed by atoms with Crippen molar-refractivity contribution >= 4 is 57.2 Å². The molecule has 164 valence electrons. The van der Waals surface area contributed by atoms with Gasteiger partial charge in [0.2, 0.25) is 5.91 Å². The lowest BCUT2D eigenvalue weighted by Gasteiger charge is -2.15. The van der Waals surface area contributed by atoms with E-state index in [4.69, 9.17) is 11.6 Å². The van der Waals surface area contributed by atoms with E-state index in [0.29, 0.717) is 15.9 Å². The monoisotopic (exact) mass is 474 g/mol. The lowest BCUT2D eigenvalue weighted by Crippen LogP contribution is -2.31. The third kappa shape index (κ3) is 4.13. The van der Waals surface area contributed by atoms with Crippen LogP contribution in [0.5, 0.6) is 5.75 Å². The number of amidine groups is 1. The third-order valence-corrected chi connectivity index (χ3v) is 6.64. The van der Waals surface area contributed by atoms with Crippen molar-refractivity contribution in [3.8, 4) is 17.0 Å². The quantitative estimate of drug-likeness (QED) is 0.279. The molecule has 8 heteroatoms. The molecule has 1 aliphatic rings. The number of phenols is 1. The number of carbonyl (C=O) groups excluding carboxylic acids is 1. The van der Waals surface area contributed by atoms with Crippen molar-refractivity contribution in [1.29, 1.82) is 0 Å². The van der Waals surface area contributed by atoms with Crippen molar-refractivity contribution in [3.63, 3.8) is 0 Å². The number of amides is 1. The van der Waals surface area contributed by atoms with E-state index in [1.165, 1.54) is 16.7 Å². The lowest BCUT2D eigenvalue weighted by molar-refractivity contribution is -0.116. The molecular formula is C25H19ClN4O2S. The maximum absolute atomic E-state index is 12.7. The summed E-state index contributed by atoms with van der Waals surface area (Å²) in [5.74, 6) is 0.0604. The predicted octanol–water partition coefficient (Wildman–Crippen LogP) is 6.05. The molecule has 4 aromatic rings. The Bertz CT molecular complexity index is 1390. The summed E-state index contributed by atoms with van der Waals surface area (Å²) >= 11 is 7.42. The van der Waals surface area contributed by atoms with Gasteiger partial charge in [0.05, 0.1) is 22.8 Å². The molecule has 1 aliphatic heterocycles. The molecule has 1 atom stereocenters. The summed E-state index contributed by atoms with van der Waals surface area (Å²) in [4.78, 5) is 17.7. The minimum Gasteiger partial charge on any atom is -0.508 e. The maximum Gasteiger partial charge on any atom is 0.246 e. The number of rotatable bonds is 4. The largest absolute Gasteiger partial charge is 0.508 e. The van der Waals surface area contributed by atoms with Gasteiger partial charge >= 0.3 is 0 Å². The summed E-state index contributed by atoms with van der Waals surface area (Å²) in [6, 6.07) is 22.1. The number of H-pyrrole nitrogens is 1. The molecule has 33 heavy (non-hydrogen) atoms. The van der Waals surface area contributed by atoms with E-state index >= 15 is 0 Å². The minimum atomic E-state index is -0.273. The van der Waals surface area contributed by atoms with Crippen molar-refractivity contribution in [3.05, 3.63) is 83.4 Å². The fourth-order valence-corrected chi connectivity index (χ4v) is 4.77. The molecule has 5 rings (SSSR count). The van der Waals surface area contributed by atoms with Crippen molar-refractivity contribution < 1.29 is 9.90 Å². The number of hydrogen-bond acceptors (Lipinski definition) is 5. The van der Waals surface area contributed by atoms with Crippen LogP contribution in [0.2, 0.25) is 5.02 Å². The average Bonchev–Trinajstić information content (AvgIpc) is 3.32. The van der Waals surface area contributed by atoms with Gasteiger partial charge in [-0.1, -0.05) is 53.7 Å². The number of benzene rings is 3. The standard InChI is InChI=1S/C25H19ClN4O2S/c1-15-24(32)30(18-10-12-19(31)13-11-18)25(33-15)29-27-14-21-20-4-2-3-5-22(20)28-23(21)16-6-8-17(26)9-7-16/h2-15,28,31H,1H3/b27-14+,29-25-. The molecule has 1 unspecified atom stereocenters. The number of halogens is 1. The number of nitrogens with one attached hydrogen (secondary N) is 1. The topological polar surface area (TPSA) is 81.1 Å². The number of aromatic nitrogens is 1. The summed E-state index contributed by atoms with van der Waals surface area (Å²) in [5, 5.41) is 20.2. The number of aromatic hydroxyl groups is 1. The zero-order valence-corrected chi connectivity index (χ0v) is 19.1. The minimum absolute atomic E-state index is 0.0754. The van der Waals surface area contributed by atoms with Crippen LogP contribution >= 0.6 is 23.4 Å². The van der Waals surface area contributed by atoms with E-state index in [1.54, 1.807) is 30.5 Å². The molecule has 0 bridgehead atoms. The zero-order valence-electron chi connectivity index (χ0n) is 17.6. The normalized spacial score (nSPS) is 17.6. The third-order valence-electron chi connectivity index (χ3n) is 5.36. The Hall–Kier alpha value is -3.55. The number of thioether (sulfide) groups is 1. The van der Waals surface area contributed by atoms with E-state index in [0.717, 1.165) is 27.7 Å². The van der Waals surface area contributed by atoms with Gasteiger partial charge in [0.1, 0.15) is 5.75 Å². The highest BCUT2D eigenvalue weighted by molar-refractivity contribution is 8.16. The summed E-state index contributed by atoms with van der Waals surface area (Å²) in [5.41, 5.74) is 4.42. The second-order valence-corrected chi connectivity index (χ2v) is 9.29. The number of para-hydroxylation sites is 1. The first kappa shape index (κ1) is 21.3. The summed E-state index contributed by atoms with van der Waals surface area (Å²) in [7, 11) is 0. The van der Waals surface area contributed by atoms with Gasteiger partial charge < -0.3 is 10.1 Å². The van der Waals surface area contributed by atoms with Gasteiger partial charge in [0, 0.05) is 21.5 Å². The van der Waals surface area contributed by atoms with Crippen LogP contribution in [0.4, 0.5) is 5.69 Å². The van der Waals surface area contributed by atoms with Crippen LogP contribution in [0.15, 0.2) is 83.0 Å². The van der Waals surface area contributed by atoms with Crippen LogP contribution in [0, 0.1) is 0 Å². The molecule has 1 amide bonds. The number of nitrogens with zero attached hydrogens (tertiary/aromatic N) is 3. The second-order valence-electron chi connectivity index (χ2n) is 7.54. The van der Waals surface area contributed by atoms with Crippen molar-refractivity contribution in [2.45, 2.75) is 12.2 Å². The molecular weight excluding hydrogens is 456 g/mol. The van der Waals surface area contributed by atoms with Gasteiger partial charge in [-0.3, -0.25) is 9.69 Å². The second kappa shape index (κ2) is 8.77. The first-order valence-electron chi connectivity index (χ1n) is 10.3. The maximum atomic E-state index is 12.7. The van der Waals surface area contributed by atoms with Gasteiger partial charge in [-0.2, -0.15) is 5.10 Å². The van der Waals surface area contributed by atoms with Crippen LogP contribution in [-0.2, 0) is 4.79 Å². The number of aromatic amines is 1. The van der Waals surface area contributed by atoms with Crippen LogP contribution in [0.3, 0.4) is 0 Å². The van der Waals surface area contributed by atoms with E-state index in [2.05, 4.69) is 15.2 Å². The van der Waals surface area contributed by atoms with Gasteiger partial charge in [0.25, 0.3) is 0 Å². The lowest BCUT2D eigenvalue weighted by atomic mass is 10.1. The molecule has 3 aromatic carbocycles. The SMILES string of the molecule is CC1S/C(=N\N=C\c2c(-c3ccc(Cl)cc3)[nH]c3ccccc23)N(c2ccc(O)cc2)C1=O. The Morgan fingerprint density at radius 3 is 2.55 bits per heavy atom. The molecule has 2 heterocycles. The Balaban J connectivity index is 1.54. The van der Waals surface area contributed by atoms with Gasteiger partial charge in [-0.05, 0) is 55.0 Å². The molecule has 0 aliphatic carbocycles. The summed E-state index contributed by atoms with van der Waals surface area (Å²) in [6.07, 6.45) is 1.71. The summed E-state index contributed by atoms with van der Waals surface area (Å²) < 4.78 is 0. The molecule has 1 fully saturated rings. The smallest absolute Gasteiger partial charge is 0.246 e. The van der Waals surface area contributed by atoms with Crippen molar-refractivity contribution in [2.24, 2.45) is 10.2 Å². The highest BCUT2D eigenvalue weighted by atomic mass is 35.5. The zero-order chi connectivity index (χ0) is 22.9. The highest BCUT2D eigenvalue weighted by Crippen LogP contribution is 2.33. The Labute approximate surface area is 199 Å². The van der Waals surface area contributed by atoms with Crippen LogP contribution in [-0.4, -0.2) is 32.6 Å². The Morgan fingerprint density at radius 1 is 1.06 bits per heavy atom. The van der Waals surface area contributed by atoms with Crippen molar-refractivity contribution in [2.75, 3.05) is 4.90 Å². The molecule has 2 N–H and O–H groups in total. The van der Waals surface area contributed by atoms with Crippen LogP contribution in [0.1, 0.15) is 12.5 Å². The van der Waals surface area contributed by atoms with Gasteiger partial charge in [-0.25, -0.2) is 0 Å². The summed E-state index contributed by atoms with van der Waals surface area (Å²) in [6.45, 7) is 1.84.